The second-order valence-electron chi connectivity index (χ2n) is 7.96. The van der Waals surface area contributed by atoms with Gasteiger partial charge < -0.3 is 9.80 Å². The number of nitrogens with zero attached hydrogens (tertiary/aromatic N) is 4. The van der Waals surface area contributed by atoms with E-state index in [-0.39, 0.29) is 10.1 Å². The third-order valence-corrected chi connectivity index (χ3v) is 10.7. The van der Waals surface area contributed by atoms with Gasteiger partial charge in [-0.1, -0.05) is 41.5 Å². The van der Waals surface area contributed by atoms with Crippen LogP contribution in [0.25, 0.3) is 10.2 Å². The normalized spacial score (nSPS) is 20.7. The van der Waals surface area contributed by atoms with Crippen LogP contribution in [0.3, 0.4) is 0 Å². The summed E-state index contributed by atoms with van der Waals surface area (Å²) in [5.74, 6) is -0.0973. The number of sulfonamides is 1. The Labute approximate surface area is 200 Å². The zero-order chi connectivity index (χ0) is 22.3. The van der Waals surface area contributed by atoms with Crippen molar-refractivity contribution in [2.45, 2.75) is 29.5 Å². The van der Waals surface area contributed by atoms with Gasteiger partial charge in [-0.15, -0.1) is 11.3 Å². The van der Waals surface area contributed by atoms with E-state index >= 15 is 0 Å². The molecule has 1 unspecified atom stereocenters. The van der Waals surface area contributed by atoms with Crippen molar-refractivity contribution < 1.29 is 13.2 Å². The molecule has 0 aliphatic carbocycles. The molecule has 32 heavy (non-hydrogen) atoms. The summed E-state index contributed by atoms with van der Waals surface area (Å²) in [7, 11) is -3.74. The monoisotopic (exact) mass is 510 g/mol. The maximum Gasteiger partial charge on any atom is 0.253 e. The average molecular weight is 511 g/mol. The molecule has 0 N–H and O–H groups in total. The van der Waals surface area contributed by atoms with E-state index in [4.69, 9.17) is 16.6 Å². The Morgan fingerprint density at radius 2 is 1.78 bits per heavy atom. The van der Waals surface area contributed by atoms with Crippen LogP contribution in [0, 0.1) is 0 Å². The molecule has 2 aliphatic rings. The number of hydrogen-bond donors (Lipinski definition) is 0. The number of thiazole rings is 1. The van der Waals surface area contributed by atoms with Crippen LogP contribution in [-0.4, -0.2) is 67.3 Å². The smallest absolute Gasteiger partial charge is 0.253 e. The lowest BCUT2D eigenvalue weighted by molar-refractivity contribution is -0.136. The maximum absolute atomic E-state index is 13.4. The second-order valence-corrected chi connectivity index (χ2v) is 12.8. The highest BCUT2D eigenvalue weighted by atomic mass is 35.5. The summed E-state index contributed by atoms with van der Waals surface area (Å²) >= 11 is 8.66. The number of piperidine rings is 1. The first-order chi connectivity index (χ1) is 15.4. The van der Waals surface area contributed by atoms with Crippen molar-refractivity contribution in [2.75, 3.05) is 37.6 Å². The van der Waals surface area contributed by atoms with Crippen molar-refractivity contribution in [3.05, 3.63) is 40.7 Å². The summed E-state index contributed by atoms with van der Waals surface area (Å²) in [4.78, 5) is 22.1. The SMILES string of the molecule is O=C(C1CCCCN1S(=O)(=O)c1ccc(Cl)s1)N1CCN(c2nc3ccccc3s2)CC1. The fourth-order valence-electron chi connectivity index (χ4n) is 4.32. The Morgan fingerprint density at radius 3 is 2.50 bits per heavy atom. The van der Waals surface area contributed by atoms with E-state index in [0.717, 1.165) is 39.5 Å². The minimum Gasteiger partial charge on any atom is -0.345 e. The number of halogens is 1. The number of hydrogen-bond acceptors (Lipinski definition) is 7. The Hall–Kier alpha value is -1.72. The average Bonchev–Trinajstić information content (AvgIpc) is 3.45. The fraction of sp³-hybridized carbons (Fsp3) is 0.429. The van der Waals surface area contributed by atoms with Crippen LogP contribution in [0.2, 0.25) is 4.34 Å². The summed E-state index contributed by atoms with van der Waals surface area (Å²) in [6.45, 7) is 2.85. The lowest BCUT2D eigenvalue weighted by Crippen LogP contribution is -2.57. The van der Waals surface area contributed by atoms with Gasteiger partial charge in [0.25, 0.3) is 10.0 Å². The number of thiophene rings is 1. The van der Waals surface area contributed by atoms with Gasteiger partial charge in [-0.2, -0.15) is 4.31 Å². The summed E-state index contributed by atoms with van der Waals surface area (Å²) in [6.07, 6.45) is 2.15. The van der Waals surface area contributed by atoms with Gasteiger partial charge in [-0.05, 0) is 37.1 Å². The number of fused-ring (bicyclic) bond motifs is 1. The fourth-order valence-corrected chi connectivity index (χ4v) is 8.60. The van der Waals surface area contributed by atoms with Crippen molar-refractivity contribution in [3.8, 4) is 0 Å². The molecule has 7 nitrogen and oxygen atoms in total. The zero-order valence-electron chi connectivity index (χ0n) is 17.3. The molecule has 1 amide bonds. The van der Waals surface area contributed by atoms with Crippen LogP contribution >= 0.6 is 34.3 Å². The van der Waals surface area contributed by atoms with Gasteiger partial charge in [0.15, 0.2) is 5.13 Å². The Kier molecular flexibility index (Phi) is 6.15. The minimum absolute atomic E-state index is 0.0973. The third-order valence-electron chi connectivity index (χ3n) is 5.99. The molecule has 2 saturated heterocycles. The predicted molar refractivity (Wildman–Crippen MR) is 129 cm³/mol. The van der Waals surface area contributed by atoms with Gasteiger partial charge in [0.2, 0.25) is 5.91 Å². The summed E-state index contributed by atoms with van der Waals surface area (Å²) < 4.78 is 29.6. The van der Waals surface area contributed by atoms with Crippen molar-refractivity contribution in [3.63, 3.8) is 0 Å². The molecule has 0 radical (unpaired) electrons. The lowest BCUT2D eigenvalue weighted by Gasteiger charge is -2.40. The number of rotatable bonds is 4. The molecular weight excluding hydrogens is 488 g/mol. The molecule has 2 fully saturated rings. The zero-order valence-corrected chi connectivity index (χ0v) is 20.5. The highest BCUT2D eigenvalue weighted by molar-refractivity contribution is 7.91. The van der Waals surface area contributed by atoms with Crippen molar-refractivity contribution in [1.29, 1.82) is 0 Å². The number of para-hydroxylation sites is 1. The number of amides is 1. The first kappa shape index (κ1) is 22.1. The quantitative estimate of drug-likeness (QED) is 0.532. The number of anilines is 1. The first-order valence-corrected chi connectivity index (χ1v) is 14.0. The number of piperazine rings is 1. The van der Waals surface area contributed by atoms with E-state index in [1.54, 1.807) is 17.4 Å². The molecule has 1 aromatic carbocycles. The van der Waals surface area contributed by atoms with E-state index < -0.39 is 16.1 Å². The van der Waals surface area contributed by atoms with Crippen LogP contribution in [0.15, 0.2) is 40.6 Å². The molecule has 0 bridgehead atoms. The first-order valence-electron chi connectivity index (χ1n) is 10.6. The molecule has 0 spiro atoms. The molecule has 2 aromatic heterocycles. The molecule has 5 rings (SSSR count). The second kappa shape index (κ2) is 8.90. The molecular formula is C21H23ClN4O3S3. The molecule has 11 heteroatoms. The highest BCUT2D eigenvalue weighted by Gasteiger charge is 2.40. The third kappa shape index (κ3) is 4.14. The van der Waals surface area contributed by atoms with E-state index in [2.05, 4.69) is 11.0 Å². The van der Waals surface area contributed by atoms with E-state index in [1.165, 1.54) is 10.4 Å². The topological polar surface area (TPSA) is 73.8 Å². The van der Waals surface area contributed by atoms with Crippen LogP contribution in [0.4, 0.5) is 5.13 Å². The predicted octanol–water partition coefficient (Wildman–Crippen LogP) is 3.90. The molecule has 1 atom stereocenters. The molecule has 4 heterocycles. The Morgan fingerprint density at radius 1 is 1.00 bits per heavy atom. The highest BCUT2D eigenvalue weighted by Crippen LogP contribution is 2.33. The number of carbonyl (C=O) groups is 1. The molecule has 3 aromatic rings. The number of aromatic nitrogens is 1. The van der Waals surface area contributed by atoms with Gasteiger partial charge in [0, 0.05) is 32.7 Å². The van der Waals surface area contributed by atoms with Crippen LogP contribution in [0.5, 0.6) is 0 Å². The Bertz CT molecular complexity index is 1200. The number of benzene rings is 1. The molecule has 0 saturated carbocycles. The van der Waals surface area contributed by atoms with E-state index in [9.17, 15) is 13.2 Å². The van der Waals surface area contributed by atoms with E-state index in [0.29, 0.717) is 43.5 Å². The Balaban J connectivity index is 1.29. The van der Waals surface area contributed by atoms with Crippen LogP contribution in [-0.2, 0) is 14.8 Å². The maximum atomic E-state index is 13.4. The largest absolute Gasteiger partial charge is 0.345 e. The van der Waals surface area contributed by atoms with Gasteiger partial charge in [0.05, 0.1) is 14.6 Å². The van der Waals surface area contributed by atoms with Crippen molar-refractivity contribution >= 4 is 65.6 Å². The van der Waals surface area contributed by atoms with Gasteiger partial charge >= 0.3 is 0 Å². The molecule has 170 valence electrons. The number of carbonyl (C=O) groups excluding carboxylic acids is 1. The lowest BCUT2D eigenvalue weighted by atomic mass is 10.0. The standard InChI is InChI=1S/C21H23ClN4O3S3/c22-18-8-9-19(31-18)32(28,29)26-10-4-3-6-16(26)20(27)24-11-13-25(14-12-24)21-23-15-5-1-2-7-17(15)30-21/h1-2,5,7-9,16H,3-4,6,10-14H2. The van der Waals surface area contributed by atoms with Gasteiger partial charge in [-0.3, -0.25) is 4.79 Å². The summed E-state index contributed by atoms with van der Waals surface area (Å²) in [6, 6.07) is 10.5. The van der Waals surface area contributed by atoms with E-state index in [1.807, 2.05) is 23.1 Å². The van der Waals surface area contributed by atoms with Crippen molar-refractivity contribution in [1.82, 2.24) is 14.2 Å². The van der Waals surface area contributed by atoms with Crippen LogP contribution in [0.1, 0.15) is 19.3 Å². The van der Waals surface area contributed by atoms with Gasteiger partial charge in [0.1, 0.15) is 10.3 Å². The minimum atomic E-state index is -3.74. The molecule has 2 aliphatic heterocycles. The van der Waals surface area contributed by atoms with Crippen LogP contribution < -0.4 is 4.90 Å². The summed E-state index contributed by atoms with van der Waals surface area (Å²) in [5.41, 5.74) is 0.989. The van der Waals surface area contributed by atoms with Gasteiger partial charge in [-0.25, -0.2) is 13.4 Å². The van der Waals surface area contributed by atoms with Crippen molar-refractivity contribution in [2.24, 2.45) is 0 Å². The summed E-state index contributed by atoms with van der Waals surface area (Å²) in [5, 5.41) is 0.967.